The van der Waals surface area contributed by atoms with Crippen LogP contribution in [0.3, 0.4) is 0 Å². The molecule has 0 aliphatic heterocycles. The van der Waals surface area contributed by atoms with Crippen molar-refractivity contribution in [1.29, 1.82) is 0 Å². The number of benzene rings is 1. The van der Waals surface area contributed by atoms with Crippen LogP contribution in [0.5, 0.6) is 0 Å². The van der Waals surface area contributed by atoms with Crippen molar-refractivity contribution in [3.05, 3.63) is 44.9 Å². The van der Waals surface area contributed by atoms with Gasteiger partial charge in [-0.2, -0.15) is 0 Å². The summed E-state index contributed by atoms with van der Waals surface area (Å²) in [5.74, 6) is 0.747. The van der Waals surface area contributed by atoms with Gasteiger partial charge in [-0.25, -0.2) is 18.4 Å². The molecule has 0 fully saturated rings. The van der Waals surface area contributed by atoms with Gasteiger partial charge in [-0.05, 0) is 44.4 Å². The summed E-state index contributed by atoms with van der Waals surface area (Å²) in [6.07, 6.45) is 3.06. The van der Waals surface area contributed by atoms with Crippen molar-refractivity contribution in [3.63, 3.8) is 0 Å². The summed E-state index contributed by atoms with van der Waals surface area (Å²) < 4.78 is 23.5. The van der Waals surface area contributed by atoms with Gasteiger partial charge in [0.25, 0.3) is 0 Å². The largest absolute Gasteiger partial charge is 0.357 e. The number of sulfone groups is 1. The highest BCUT2D eigenvalue weighted by Crippen LogP contribution is 2.18. The highest BCUT2D eigenvalue weighted by atomic mass is 127. The Balaban J connectivity index is 0.00000420. The summed E-state index contributed by atoms with van der Waals surface area (Å²) >= 11 is 1.76. The van der Waals surface area contributed by atoms with E-state index in [1.807, 2.05) is 26.0 Å². The lowest BCUT2D eigenvalue weighted by Gasteiger charge is -2.11. The Morgan fingerprint density at radius 3 is 2.48 bits per heavy atom. The van der Waals surface area contributed by atoms with E-state index in [1.54, 1.807) is 17.4 Å². The van der Waals surface area contributed by atoms with Gasteiger partial charge in [0.1, 0.15) is 0 Å². The van der Waals surface area contributed by atoms with Crippen molar-refractivity contribution >= 4 is 51.1 Å². The van der Waals surface area contributed by atoms with Gasteiger partial charge in [0.15, 0.2) is 15.8 Å². The van der Waals surface area contributed by atoms with Gasteiger partial charge in [0.2, 0.25) is 0 Å². The standard InChI is InChI=1S/C20H30N4O2S2.HI/c1-6-17-15(4)27-19(24-17)10-11-22-20(21-7-2)23-13-16-8-9-18(14(3)12-16)28(5,25)26;/h8-9,12H,6-7,10-11,13H2,1-5H3,(H2,21,22,23);1H. The number of thiazole rings is 1. The van der Waals surface area contributed by atoms with Crippen molar-refractivity contribution in [2.75, 3.05) is 19.3 Å². The summed E-state index contributed by atoms with van der Waals surface area (Å²) in [5, 5.41) is 7.73. The summed E-state index contributed by atoms with van der Waals surface area (Å²) in [6, 6.07) is 5.36. The van der Waals surface area contributed by atoms with Crippen molar-refractivity contribution < 1.29 is 8.42 Å². The number of guanidine groups is 1. The molecule has 6 nitrogen and oxygen atoms in total. The molecule has 0 aliphatic rings. The van der Waals surface area contributed by atoms with E-state index in [0.717, 1.165) is 48.0 Å². The van der Waals surface area contributed by atoms with Crippen LogP contribution < -0.4 is 10.6 Å². The number of rotatable bonds is 8. The van der Waals surface area contributed by atoms with Gasteiger partial charge in [0, 0.05) is 30.6 Å². The molecule has 0 radical (unpaired) electrons. The van der Waals surface area contributed by atoms with Crippen LogP contribution in [0.15, 0.2) is 28.1 Å². The van der Waals surface area contributed by atoms with Gasteiger partial charge in [0.05, 0.1) is 22.1 Å². The van der Waals surface area contributed by atoms with Crippen molar-refractivity contribution in [2.45, 2.75) is 52.0 Å². The second kappa shape index (κ2) is 11.8. The average molecular weight is 551 g/mol. The van der Waals surface area contributed by atoms with Gasteiger partial charge >= 0.3 is 0 Å². The Kier molecular flexibility index (Phi) is 10.6. The predicted molar refractivity (Wildman–Crippen MR) is 132 cm³/mol. The zero-order chi connectivity index (χ0) is 20.7. The average Bonchev–Trinajstić information content (AvgIpc) is 2.98. The predicted octanol–water partition coefficient (Wildman–Crippen LogP) is 3.64. The Morgan fingerprint density at radius 1 is 1.21 bits per heavy atom. The van der Waals surface area contributed by atoms with Crippen LogP contribution in [0.4, 0.5) is 0 Å². The van der Waals surface area contributed by atoms with Crippen LogP contribution >= 0.6 is 35.3 Å². The Labute approximate surface area is 195 Å². The van der Waals surface area contributed by atoms with Crippen LogP contribution in [0.1, 0.15) is 40.6 Å². The molecule has 2 rings (SSSR count). The van der Waals surface area contributed by atoms with Crippen LogP contribution in [0, 0.1) is 13.8 Å². The maximum absolute atomic E-state index is 11.7. The fourth-order valence-electron chi connectivity index (χ4n) is 2.95. The molecule has 1 aromatic carbocycles. The third kappa shape index (κ3) is 7.86. The molecule has 2 N–H and O–H groups in total. The molecule has 0 spiro atoms. The van der Waals surface area contributed by atoms with E-state index >= 15 is 0 Å². The van der Waals surface area contributed by atoms with Crippen molar-refractivity contribution in [3.8, 4) is 0 Å². The zero-order valence-electron chi connectivity index (χ0n) is 17.7. The third-order valence-corrected chi connectivity index (χ3v) is 6.64. The zero-order valence-corrected chi connectivity index (χ0v) is 21.7. The third-order valence-electron chi connectivity index (χ3n) is 4.31. The monoisotopic (exact) mass is 550 g/mol. The topological polar surface area (TPSA) is 83.5 Å². The minimum atomic E-state index is -3.20. The molecular formula is C20H31IN4O2S2. The van der Waals surface area contributed by atoms with E-state index in [0.29, 0.717) is 11.4 Å². The van der Waals surface area contributed by atoms with Crippen LogP contribution in [0.2, 0.25) is 0 Å². The molecule has 1 heterocycles. The first-order valence-corrected chi connectivity index (χ1v) is 12.2. The lowest BCUT2D eigenvalue weighted by atomic mass is 10.1. The SMILES string of the molecule is CCNC(=NCc1ccc(S(C)(=O)=O)c(C)c1)NCCc1nc(CC)c(C)s1.I. The first-order valence-electron chi connectivity index (χ1n) is 9.51. The number of halogens is 1. The molecular weight excluding hydrogens is 519 g/mol. The first kappa shape index (κ1) is 25.8. The fraction of sp³-hybridized carbons (Fsp3) is 0.500. The minimum absolute atomic E-state index is 0. The van der Waals surface area contributed by atoms with Gasteiger partial charge < -0.3 is 10.6 Å². The Morgan fingerprint density at radius 2 is 1.93 bits per heavy atom. The van der Waals surface area contributed by atoms with E-state index in [-0.39, 0.29) is 24.0 Å². The second-order valence-corrected chi connectivity index (χ2v) is 9.98. The molecule has 2 aromatic rings. The maximum atomic E-state index is 11.7. The normalized spacial score (nSPS) is 11.8. The highest BCUT2D eigenvalue weighted by molar-refractivity contribution is 14.0. The maximum Gasteiger partial charge on any atom is 0.191 e. The molecule has 0 atom stereocenters. The van der Waals surface area contributed by atoms with E-state index in [9.17, 15) is 8.42 Å². The minimum Gasteiger partial charge on any atom is -0.357 e. The van der Waals surface area contributed by atoms with Gasteiger partial charge in [-0.1, -0.05) is 19.1 Å². The molecule has 29 heavy (non-hydrogen) atoms. The summed E-state index contributed by atoms with van der Waals surface area (Å²) in [5.41, 5.74) is 2.91. The van der Waals surface area contributed by atoms with Crippen molar-refractivity contribution in [1.82, 2.24) is 15.6 Å². The van der Waals surface area contributed by atoms with E-state index in [4.69, 9.17) is 0 Å². The van der Waals surface area contributed by atoms with Crippen LogP contribution in [0.25, 0.3) is 0 Å². The fourth-order valence-corrected chi connectivity index (χ4v) is 4.93. The number of aromatic nitrogens is 1. The summed E-state index contributed by atoms with van der Waals surface area (Å²) in [6.45, 7) is 10.1. The first-order chi connectivity index (χ1) is 13.2. The molecule has 0 unspecified atom stereocenters. The van der Waals surface area contributed by atoms with E-state index in [1.165, 1.54) is 16.8 Å². The highest BCUT2D eigenvalue weighted by Gasteiger charge is 2.11. The van der Waals surface area contributed by atoms with Gasteiger partial charge in [-0.3, -0.25) is 0 Å². The van der Waals surface area contributed by atoms with E-state index < -0.39 is 9.84 Å². The molecule has 162 valence electrons. The molecule has 0 aliphatic carbocycles. The summed E-state index contributed by atoms with van der Waals surface area (Å²) in [4.78, 5) is 11.0. The molecule has 1 aromatic heterocycles. The lowest BCUT2D eigenvalue weighted by molar-refractivity contribution is 0.601. The summed E-state index contributed by atoms with van der Waals surface area (Å²) in [7, 11) is -3.20. The Bertz CT molecular complexity index is 940. The smallest absolute Gasteiger partial charge is 0.191 e. The molecule has 0 saturated carbocycles. The molecule has 9 heteroatoms. The van der Waals surface area contributed by atoms with Crippen LogP contribution in [-0.4, -0.2) is 38.7 Å². The number of nitrogens with one attached hydrogen (secondary N) is 2. The molecule has 0 bridgehead atoms. The second-order valence-electron chi connectivity index (χ2n) is 6.71. The Hall–Kier alpha value is -1.20. The van der Waals surface area contributed by atoms with Crippen LogP contribution in [-0.2, 0) is 29.2 Å². The molecule has 0 saturated heterocycles. The number of nitrogens with zero attached hydrogens (tertiary/aromatic N) is 2. The number of hydrogen-bond donors (Lipinski definition) is 2. The lowest BCUT2D eigenvalue weighted by Crippen LogP contribution is -2.38. The number of aryl methyl sites for hydroxylation is 3. The number of aliphatic imine (C=N–C) groups is 1. The van der Waals surface area contributed by atoms with Gasteiger partial charge in [-0.15, -0.1) is 35.3 Å². The number of hydrogen-bond acceptors (Lipinski definition) is 5. The van der Waals surface area contributed by atoms with Crippen molar-refractivity contribution in [2.24, 2.45) is 4.99 Å². The van der Waals surface area contributed by atoms with E-state index in [2.05, 4.69) is 34.5 Å². The molecule has 0 amide bonds. The quantitative estimate of drug-likeness (QED) is 0.298.